The van der Waals surface area contributed by atoms with Gasteiger partial charge in [0.1, 0.15) is 11.5 Å². The average Bonchev–Trinajstić information content (AvgIpc) is 3.33. The summed E-state index contributed by atoms with van der Waals surface area (Å²) in [5.41, 5.74) is 3.13. The highest BCUT2D eigenvalue weighted by Gasteiger charge is 2.36. The second-order valence-corrected chi connectivity index (χ2v) is 8.09. The molecule has 30 heavy (non-hydrogen) atoms. The number of carbonyl (C=O) groups is 1. The summed E-state index contributed by atoms with van der Waals surface area (Å²) in [5.74, 6) is 3.02. The minimum absolute atomic E-state index is 0.0540. The molecule has 1 amide bonds. The van der Waals surface area contributed by atoms with Crippen LogP contribution in [0.15, 0.2) is 71.4 Å². The van der Waals surface area contributed by atoms with E-state index in [2.05, 4.69) is 11.9 Å². The second-order valence-electron chi connectivity index (χ2n) is 8.09. The van der Waals surface area contributed by atoms with Crippen molar-refractivity contribution in [2.45, 2.75) is 25.8 Å². The van der Waals surface area contributed by atoms with Crippen LogP contribution in [0.3, 0.4) is 0 Å². The van der Waals surface area contributed by atoms with E-state index in [1.807, 2.05) is 61.6 Å². The molecule has 1 aliphatic carbocycles. The number of rotatable bonds is 5. The van der Waals surface area contributed by atoms with E-state index in [0.29, 0.717) is 23.9 Å². The minimum Gasteiger partial charge on any atom is -0.464 e. The summed E-state index contributed by atoms with van der Waals surface area (Å²) < 4.78 is 6.00. The number of fused-ring (bicyclic) bond motifs is 1. The Hall–Kier alpha value is -3.47. The SMILES string of the molecule is C[C@@H]1C[C@H]1c1ccc(CN(C)C(=O)c2cc(-c3ccncc3)nc3ccccc23)o1. The summed E-state index contributed by atoms with van der Waals surface area (Å²) in [6.45, 7) is 2.67. The molecular weight excluding hydrogens is 374 g/mol. The van der Waals surface area contributed by atoms with Gasteiger partial charge in [-0.25, -0.2) is 4.98 Å². The van der Waals surface area contributed by atoms with E-state index >= 15 is 0 Å². The molecule has 0 bridgehead atoms. The van der Waals surface area contributed by atoms with Gasteiger partial charge in [-0.1, -0.05) is 25.1 Å². The monoisotopic (exact) mass is 397 g/mol. The molecule has 0 N–H and O–H groups in total. The predicted molar refractivity (Wildman–Crippen MR) is 116 cm³/mol. The van der Waals surface area contributed by atoms with Crippen LogP contribution in [0.4, 0.5) is 0 Å². The van der Waals surface area contributed by atoms with E-state index in [1.54, 1.807) is 17.3 Å². The van der Waals surface area contributed by atoms with Crippen molar-refractivity contribution in [2.75, 3.05) is 7.05 Å². The standard InChI is InChI=1S/C25H23N3O2/c1-16-13-20(16)24-8-7-18(30-24)15-28(2)25(29)21-14-23(17-9-11-26-12-10-17)27-22-6-4-3-5-19(21)22/h3-12,14,16,20H,13,15H2,1-2H3/t16-,20-/m1/s1. The van der Waals surface area contributed by atoms with Crippen molar-refractivity contribution in [3.05, 3.63) is 84.1 Å². The molecule has 5 heteroatoms. The van der Waals surface area contributed by atoms with Crippen LogP contribution in [0.25, 0.3) is 22.2 Å². The third-order valence-electron chi connectivity index (χ3n) is 5.82. The fourth-order valence-electron chi connectivity index (χ4n) is 3.93. The highest BCUT2D eigenvalue weighted by atomic mass is 16.3. The van der Waals surface area contributed by atoms with Crippen LogP contribution in [0.2, 0.25) is 0 Å². The summed E-state index contributed by atoms with van der Waals surface area (Å²) in [6.07, 6.45) is 4.65. The molecule has 1 saturated carbocycles. The molecule has 5 nitrogen and oxygen atoms in total. The largest absolute Gasteiger partial charge is 0.464 e. The summed E-state index contributed by atoms with van der Waals surface area (Å²) in [7, 11) is 1.81. The van der Waals surface area contributed by atoms with Gasteiger partial charge in [0.05, 0.1) is 23.3 Å². The van der Waals surface area contributed by atoms with E-state index in [0.717, 1.165) is 33.7 Å². The number of hydrogen-bond acceptors (Lipinski definition) is 4. The van der Waals surface area contributed by atoms with E-state index < -0.39 is 0 Å². The molecule has 2 atom stereocenters. The van der Waals surface area contributed by atoms with Gasteiger partial charge in [0, 0.05) is 36.3 Å². The summed E-state index contributed by atoms with van der Waals surface area (Å²) in [5, 5.41) is 0.846. The molecule has 5 rings (SSSR count). The third kappa shape index (κ3) is 3.47. The molecule has 0 unspecified atom stereocenters. The van der Waals surface area contributed by atoms with Crippen molar-refractivity contribution in [3.63, 3.8) is 0 Å². The van der Waals surface area contributed by atoms with Gasteiger partial charge in [0.2, 0.25) is 0 Å². The maximum absolute atomic E-state index is 13.4. The number of hydrogen-bond donors (Lipinski definition) is 0. The fourth-order valence-corrected chi connectivity index (χ4v) is 3.93. The lowest BCUT2D eigenvalue weighted by Gasteiger charge is -2.18. The molecule has 4 aromatic rings. The van der Waals surface area contributed by atoms with Gasteiger partial charge in [0.15, 0.2) is 0 Å². The van der Waals surface area contributed by atoms with Gasteiger partial charge in [-0.3, -0.25) is 9.78 Å². The number of carbonyl (C=O) groups excluding carboxylic acids is 1. The first-order valence-corrected chi connectivity index (χ1v) is 10.2. The summed E-state index contributed by atoms with van der Waals surface area (Å²) >= 11 is 0. The first-order chi connectivity index (χ1) is 14.6. The van der Waals surface area contributed by atoms with Crippen LogP contribution in [-0.2, 0) is 6.54 Å². The zero-order valence-corrected chi connectivity index (χ0v) is 17.1. The second kappa shape index (κ2) is 7.41. The van der Waals surface area contributed by atoms with Crippen molar-refractivity contribution in [3.8, 4) is 11.3 Å². The Labute approximate surface area is 175 Å². The van der Waals surface area contributed by atoms with Gasteiger partial charge in [-0.2, -0.15) is 0 Å². The molecular formula is C25H23N3O2. The highest BCUT2D eigenvalue weighted by molar-refractivity contribution is 6.07. The van der Waals surface area contributed by atoms with E-state index in [-0.39, 0.29) is 5.91 Å². The van der Waals surface area contributed by atoms with Gasteiger partial charge in [0.25, 0.3) is 5.91 Å². The van der Waals surface area contributed by atoms with E-state index in [9.17, 15) is 4.79 Å². The van der Waals surface area contributed by atoms with Gasteiger partial charge in [-0.05, 0) is 48.7 Å². The number of pyridine rings is 2. The van der Waals surface area contributed by atoms with Crippen molar-refractivity contribution >= 4 is 16.8 Å². The number of amides is 1. The Morgan fingerprint density at radius 3 is 2.67 bits per heavy atom. The Morgan fingerprint density at radius 1 is 1.13 bits per heavy atom. The highest BCUT2D eigenvalue weighted by Crippen LogP contribution is 2.47. The Bertz CT molecular complexity index is 1220. The van der Waals surface area contributed by atoms with E-state index in [4.69, 9.17) is 9.40 Å². The molecule has 0 saturated heterocycles. The molecule has 0 spiro atoms. The molecule has 3 aromatic heterocycles. The molecule has 1 aliphatic rings. The van der Waals surface area contributed by atoms with Gasteiger partial charge >= 0.3 is 0 Å². The molecule has 3 heterocycles. The molecule has 1 fully saturated rings. The Morgan fingerprint density at radius 2 is 1.90 bits per heavy atom. The number of aromatic nitrogens is 2. The molecule has 0 aliphatic heterocycles. The predicted octanol–water partition coefficient (Wildman–Crippen LogP) is 5.29. The summed E-state index contributed by atoms with van der Waals surface area (Å²) in [6, 6.07) is 17.5. The lowest BCUT2D eigenvalue weighted by molar-refractivity contribution is 0.0776. The van der Waals surface area contributed by atoms with Gasteiger partial charge in [-0.15, -0.1) is 0 Å². The minimum atomic E-state index is -0.0540. The Balaban J connectivity index is 1.46. The zero-order valence-electron chi connectivity index (χ0n) is 17.1. The Kier molecular flexibility index (Phi) is 4.58. The fraction of sp³-hybridized carbons (Fsp3) is 0.240. The van der Waals surface area contributed by atoms with Crippen LogP contribution in [0.1, 0.15) is 41.1 Å². The normalized spacial score (nSPS) is 17.8. The van der Waals surface area contributed by atoms with Crippen molar-refractivity contribution in [2.24, 2.45) is 5.92 Å². The van der Waals surface area contributed by atoms with Crippen LogP contribution in [0, 0.1) is 5.92 Å². The van der Waals surface area contributed by atoms with Gasteiger partial charge < -0.3 is 9.32 Å². The topological polar surface area (TPSA) is 59.2 Å². The molecule has 150 valence electrons. The van der Waals surface area contributed by atoms with Crippen LogP contribution in [-0.4, -0.2) is 27.8 Å². The molecule has 0 radical (unpaired) electrons. The van der Waals surface area contributed by atoms with Crippen molar-refractivity contribution < 1.29 is 9.21 Å². The average molecular weight is 397 g/mol. The third-order valence-corrected chi connectivity index (χ3v) is 5.82. The van der Waals surface area contributed by atoms with Crippen LogP contribution < -0.4 is 0 Å². The van der Waals surface area contributed by atoms with Crippen molar-refractivity contribution in [1.82, 2.24) is 14.9 Å². The first-order valence-electron chi connectivity index (χ1n) is 10.2. The summed E-state index contributed by atoms with van der Waals surface area (Å²) in [4.78, 5) is 23.9. The lowest BCUT2D eigenvalue weighted by Crippen LogP contribution is -2.26. The van der Waals surface area contributed by atoms with E-state index in [1.165, 1.54) is 6.42 Å². The number of benzene rings is 1. The van der Waals surface area contributed by atoms with Crippen LogP contribution >= 0.6 is 0 Å². The number of furan rings is 1. The van der Waals surface area contributed by atoms with Crippen LogP contribution in [0.5, 0.6) is 0 Å². The maximum atomic E-state index is 13.4. The first kappa shape index (κ1) is 18.6. The maximum Gasteiger partial charge on any atom is 0.254 e. The quantitative estimate of drug-likeness (QED) is 0.459. The number of para-hydroxylation sites is 1. The molecule has 1 aromatic carbocycles. The zero-order chi connectivity index (χ0) is 20.7. The van der Waals surface area contributed by atoms with Crippen molar-refractivity contribution in [1.29, 1.82) is 0 Å². The number of nitrogens with zero attached hydrogens (tertiary/aromatic N) is 3. The smallest absolute Gasteiger partial charge is 0.254 e. The lowest BCUT2D eigenvalue weighted by atomic mass is 10.0.